The summed E-state index contributed by atoms with van der Waals surface area (Å²) < 4.78 is 14.2. The van der Waals surface area contributed by atoms with Crippen molar-refractivity contribution in [3.05, 3.63) is 58.9 Å². The minimum Gasteiger partial charge on any atom is -0.357 e. The van der Waals surface area contributed by atoms with Gasteiger partial charge in [0.15, 0.2) is 5.13 Å². The molecule has 2 atom stereocenters. The molecule has 0 saturated heterocycles. The lowest BCUT2D eigenvalue weighted by Gasteiger charge is -2.22. The second kappa shape index (κ2) is 7.27. The number of halogens is 1. The number of benzene rings is 2. The summed E-state index contributed by atoms with van der Waals surface area (Å²) in [7, 11) is 0. The second-order valence-corrected chi connectivity index (χ2v) is 8.19. The third-order valence-electron chi connectivity index (χ3n) is 5.20. The molecular formula is C21H22FN3OS. The molecule has 1 fully saturated rings. The summed E-state index contributed by atoms with van der Waals surface area (Å²) >= 11 is 1.45. The highest BCUT2D eigenvalue weighted by Gasteiger charge is 2.30. The molecule has 1 heterocycles. The minimum atomic E-state index is -0.252. The number of hydrogen-bond donors (Lipinski definition) is 2. The molecule has 1 aliphatic carbocycles. The fourth-order valence-corrected chi connectivity index (χ4v) is 4.79. The number of anilines is 1. The van der Waals surface area contributed by atoms with Crippen LogP contribution in [0, 0.1) is 19.7 Å². The minimum absolute atomic E-state index is 0.0179. The fraction of sp³-hybridized carbons (Fsp3) is 0.333. The van der Waals surface area contributed by atoms with Gasteiger partial charge in [-0.25, -0.2) is 9.37 Å². The Morgan fingerprint density at radius 1 is 1.15 bits per heavy atom. The van der Waals surface area contributed by atoms with Gasteiger partial charge in [-0.05, 0) is 62.4 Å². The molecule has 4 rings (SSSR count). The normalized spacial score (nSPS) is 19.4. The van der Waals surface area contributed by atoms with E-state index in [1.807, 2.05) is 32.0 Å². The zero-order chi connectivity index (χ0) is 19.0. The maximum Gasteiger partial charge on any atom is 0.252 e. The Morgan fingerprint density at radius 3 is 2.67 bits per heavy atom. The number of aromatic nitrogens is 1. The molecule has 1 amide bonds. The summed E-state index contributed by atoms with van der Waals surface area (Å²) in [5.74, 6) is -0.270. The highest BCUT2D eigenvalue weighted by atomic mass is 32.1. The predicted octanol–water partition coefficient (Wildman–Crippen LogP) is 4.82. The number of rotatable bonds is 4. The van der Waals surface area contributed by atoms with E-state index < -0.39 is 0 Å². The predicted molar refractivity (Wildman–Crippen MR) is 108 cm³/mol. The number of thiazole rings is 1. The van der Waals surface area contributed by atoms with Crippen LogP contribution in [0.15, 0.2) is 36.4 Å². The smallest absolute Gasteiger partial charge is 0.252 e. The van der Waals surface area contributed by atoms with E-state index in [4.69, 9.17) is 0 Å². The van der Waals surface area contributed by atoms with Crippen molar-refractivity contribution in [1.82, 2.24) is 10.3 Å². The first-order valence-corrected chi connectivity index (χ1v) is 10.0. The highest BCUT2D eigenvalue weighted by Crippen LogP contribution is 2.30. The first-order chi connectivity index (χ1) is 13.0. The van der Waals surface area contributed by atoms with Crippen LogP contribution in [-0.4, -0.2) is 23.0 Å². The molecule has 27 heavy (non-hydrogen) atoms. The molecule has 2 aromatic carbocycles. The third kappa shape index (κ3) is 3.67. The number of carbonyl (C=O) groups excluding carboxylic acids is 1. The van der Waals surface area contributed by atoms with Crippen LogP contribution in [0.2, 0.25) is 0 Å². The van der Waals surface area contributed by atoms with Gasteiger partial charge in [-0.15, -0.1) is 0 Å². The van der Waals surface area contributed by atoms with Gasteiger partial charge >= 0.3 is 0 Å². The molecule has 1 aliphatic rings. The van der Waals surface area contributed by atoms with E-state index in [2.05, 4.69) is 15.6 Å². The van der Waals surface area contributed by atoms with Gasteiger partial charge in [0.1, 0.15) is 5.82 Å². The van der Waals surface area contributed by atoms with Gasteiger partial charge in [-0.3, -0.25) is 4.79 Å². The first kappa shape index (κ1) is 17.9. The third-order valence-corrected chi connectivity index (χ3v) is 6.15. The quantitative estimate of drug-likeness (QED) is 0.679. The SMILES string of the molecule is Cc1cccc(C)c1C(=O)N[C@H]1CCC[C@H]1Nc1nc2ccc(F)cc2s1. The van der Waals surface area contributed by atoms with Crippen LogP contribution in [0.3, 0.4) is 0 Å². The molecule has 4 nitrogen and oxygen atoms in total. The molecule has 3 aromatic rings. The van der Waals surface area contributed by atoms with Gasteiger partial charge in [0.25, 0.3) is 5.91 Å². The lowest BCUT2D eigenvalue weighted by atomic mass is 10.0. The van der Waals surface area contributed by atoms with Crippen LogP contribution >= 0.6 is 11.3 Å². The monoisotopic (exact) mass is 383 g/mol. The molecular weight excluding hydrogens is 361 g/mol. The number of fused-ring (bicyclic) bond motifs is 1. The molecule has 1 aromatic heterocycles. The molecule has 0 unspecified atom stereocenters. The zero-order valence-corrected chi connectivity index (χ0v) is 16.2. The van der Waals surface area contributed by atoms with E-state index in [1.165, 1.54) is 23.5 Å². The largest absolute Gasteiger partial charge is 0.357 e. The average molecular weight is 383 g/mol. The molecule has 1 saturated carbocycles. The standard InChI is InChI=1S/C21H22FN3OS/c1-12-5-3-6-13(2)19(12)20(26)23-15-7-4-8-16(15)24-21-25-17-10-9-14(22)11-18(17)27-21/h3,5-6,9-11,15-16H,4,7-8H2,1-2H3,(H,23,26)(H,24,25)/t15-,16+/m0/s1. The molecule has 2 N–H and O–H groups in total. The Morgan fingerprint density at radius 2 is 1.89 bits per heavy atom. The Bertz CT molecular complexity index is 980. The van der Waals surface area contributed by atoms with Crippen LogP contribution in [-0.2, 0) is 0 Å². The molecule has 140 valence electrons. The fourth-order valence-electron chi connectivity index (χ4n) is 3.84. The average Bonchev–Trinajstić information content (AvgIpc) is 3.21. The summed E-state index contributed by atoms with van der Waals surface area (Å²) in [4.78, 5) is 17.4. The maximum absolute atomic E-state index is 13.4. The van der Waals surface area contributed by atoms with E-state index in [1.54, 1.807) is 6.07 Å². The van der Waals surface area contributed by atoms with Gasteiger partial charge < -0.3 is 10.6 Å². The van der Waals surface area contributed by atoms with Crippen molar-refractivity contribution < 1.29 is 9.18 Å². The number of amides is 1. The summed E-state index contributed by atoms with van der Waals surface area (Å²) in [5.41, 5.74) is 3.53. The van der Waals surface area contributed by atoms with E-state index in [0.29, 0.717) is 0 Å². The van der Waals surface area contributed by atoms with Crippen molar-refractivity contribution >= 4 is 32.6 Å². The summed E-state index contributed by atoms with van der Waals surface area (Å²) in [6.07, 6.45) is 2.96. The number of aryl methyl sites for hydroxylation is 2. The van der Waals surface area contributed by atoms with Crippen molar-refractivity contribution in [3.63, 3.8) is 0 Å². The van der Waals surface area contributed by atoms with Crippen molar-refractivity contribution in [2.75, 3.05) is 5.32 Å². The highest BCUT2D eigenvalue weighted by molar-refractivity contribution is 7.22. The van der Waals surface area contributed by atoms with E-state index in [-0.39, 0.29) is 23.8 Å². The van der Waals surface area contributed by atoms with E-state index in [9.17, 15) is 9.18 Å². The van der Waals surface area contributed by atoms with Crippen LogP contribution < -0.4 is 10.6 Å². The van der Waals surface area contributed by atoms with Crippen molar-refractivity contribution in [1.29, 1.82) is 0 Å². The number of hydrogen-bond acceptors (Lipinski definition) is 4. The lowest BCUT2D eigenvalue weighted by Crippen LogP contribution is -2.43. The molecule has 0 aliphatic heterocycles. The molecule has 0 spiro atoms. The van der Waals surface area contributed by atoms with Gasteiger partial charge in [0, 0.05) is 17.6 Å². The summed E-state index contributed by atoms with van der Waals surface area (Å²) in [6.45, 7) is 3.93. The summed E-state index contributed by atoms with van der Waals surface area (Å²) in [6, 6.07) is 10.7. The maximum atomic E-state index is 13.4. The van der Waals surface area contributed by atoms with Crippen molar-refractivity contribution in [2.24, 2.45) is 0 Å². The Labute approximate surface area is 161 Å². The van der Waals surface area contributed by atoms with E-state index >= 15 is 0 Å². The van der Waals surface area contributed by atoms with Crippen LogP contribution in [0.1, 0.15) is 40.7 Å². The number of carbonyl (C=O) groups is 1. The van der Waals surface area contributed by atoms with Gasteiger partial charge in [-0.2, -0.15) is 0 Å². The van der Waals surface area contributed by atoms with Gasteiger partial charge in [-0.1, -0.05) is 29.5 Å². The van der Waals surface area contributed by atoms with Crippen LogP contribution in [0.4, 0.5) is 9.52 Å². The zero-order valence-electron chi connectivity index (χ0n) is 15.4. The topological polar surface area (TPSA) is 54.0 Å². The Kier molecular flexibility index (Phi) is 4.83. The Hall–Kier alpha value is -2.47. The molecule has 0 bridgehead atoms. The summed E-state index contributed by atoms with van der Waals surface area (Å²) in [5, 5.41) is 7.43. The van der Waals surface area contributed by atoms with Gasteiger partial charge in [0.05, 0.1) is 10.2 Å². The number of nitrogens with zero attached hydrogens (tertiary/aromatic N) is 1. The van der Waals surface area contributed by atoms with Crippen molar-refractivity contribution in [3.8, 4) is 0 Å². The first-order valence-electron chi connectivity index (χ1n) is 9.21. The van der Waals surface area contributed by atoms with Crippen LogP contribution in [0.25, 0.3) is 10.2 Å². The van der Waals surface area contributed by atoms with E-state index in [0.717, 1.165) is 51.3 Å². The Balaban J connectivity index is 1.49. The van der Waals surface area contributed by atoms with Gasteiger partial charge in [0.2, 0.25) is 0 Å². The van der Waals surface area contributed by atoms with Crippen molar-refractivity contribution in [2.45, 2.75) is 45.2 Å². The molecule has 0 radical (unpaired) electrons. The molecule has 6 heteroatoms. The number of nitrogens with one attached hydrogen (secondary N) is 2. The van der Waals surface area contributed by atoms with Crippen LogP contribution in [0.5, 0.6) is 0 Å². The lowest BCUT2D eigenvalue weighted by molar-refractivity contribution is 0.0934. The second-order valence-electron chi connectivity index (χ2n) is 7.16.